The molecule has 3 heteroatoms. The molecule has 3 nitrogen and oxygen atoms in total. The quantitative estimate of drug-likeness (QED) is 0.590. The van der Waals surface area contributed by atoms with Crippen LogP contribution in [0.2, 0.25) is 0 Å². The van der Waals surface area contributed by atoms with Crippen molar-refractivity contribution in [3.05, 3.63) is 0 Å². The summed E-state index contributed by atoms with van der Waals surface area (Å²) in [7, 11) is 0. The van der Waals surface area contributed by atoms with Gasteiger partial charge in [-0.25, -0.2) is 0 Å². The maximum Gasteiger partial charge on any atom is 0.0446 e. The van der Waals surface area contributed by atoms with Crippen LogP contribution in [0.4, 0.5) is 0 Å². The molecule has 0 unspecified atom stereocenters. The average molecular weight is 158 g/mol. The van der Waals surface area contributed by atoms with Gasteiger partial charge in [0.1, 0.15) is 0 Å². The summed E-state index contributed by atoms with van der Waals surface area (Å²) in [4.78, 5) is 2.41. The molecule has 0 aromatic heterocycles. The zero-order valence-electron chi connectivity index (χ0n) is 7.21. The standard InChI is InChI=1S/C8H18N2O/c1-2-10-5-4-9-8(7-10)3-6-11/h8-9,11H,2-7H2,1H3/t8-/m0/s1. The number of nitrogens with one attached hydrogen (secondary N) is 1. The van der Waals surface area contributed by atoms with Crippen molar-refractivity contribution in [1.29, 1.82) is 0 Å². The second kappa shape index (κ2) is 4.70. The van der Waals surface area contributed by atoms with Gasteiger partial charge >= 0.3 is 0 Å². The van der Waals surface area contributed by atoms with Crippen molar-refractivity contribution < 1.29 is 5.11 Å². The molecule has 66 valence electrons. The van der Waals surface area contributed by atoms with Crippen LogP contribution in [0, 0.1) is 0 Å². The Morgan fingerprint density at radius 2 is 2.45 bits per heavy atom. The molecule has 1 heterocycles. The SMILES string of the molecule is CCN1CCN[C@@H](CCO)C1. The molecule has 0 amide bonds. The number of rotatable bonds is 3. The highest BCUT2D eigenvalue weighted by molar-refractivity contribution is 4.77. The molecular formula is C8H18N2O. The molecule has 1 fully saturated rings. The van der Waals surface area contributed by atoms with Crippen molar-refractivity contribution in [1.82, 2.24) is 10.2 Å². The molecule has 0 spiro atoms. The van der Waals surface area contributed by atoms with E-state index < -0.39 is 0 Å². The van der Waals surface area contributed by atoms with Gasteiger partial charge in [0.2, 0.25) is 0 Å². The summed E-state index contributed by atoms with van der Waals surface area (Å²) in [6, 6.07) is 0.508. The van der Waals surface area contributed by atoms with Crippen LogP contribution in [0.25, 0.3) is 0 Å². The number of hydrogen-bond acceptors (Lipinski definition) is 3. The molecule has 0 aromatic rings. The second-order valence-corrected chi connectivity index (χ2v) is 3.06. The third-order valence-corrected chi connectivity index (χ3v) is 2.26. The van der Waals surface area contributed by atoms with Crippen LogP contribution >= 0.6 is 0 Å². The van der Waals surface area contributed by atoms with Crippen LogP contribution in [0.5, 0.6) is 0 Å². The van der Waals surface area contributed by atoms with Gasteiger partial charge in [0.25, 0.3) is 0 Å². The third-order valence-electron chi connectivity index (χ3n) is 2.26. The predicted molar refractivity (Wildman–Crippen MR) is 45.6 cm³/mol. The van der Waals surface area contributed by atoms with E-state index in [4.69, 9.17) is 5.11 Å². The van der Waals surface area contributed by atoms with Crippen LogP contribution in [0.3, 0.4) is 0 Å². The lowest BCUT2D eigenvalue weighted by Gasteiger charge is -2.32. The lowest BCUT2D eigenvalue weighted by molar-refractivity contribution is 0.179. The van der Waals surface area contributed by atoms with Crippen LogP contribution in [-0.4, -0.2) is 48.8 Å². The number of hydrogen-bond donors (Lipinski definition) is 2. The van der Waals surface area contributed by atoms with E-state index in [0.717, 1.165) is 32.6 Å². The number of likely N-dealkylation sites (N-methyl/N-ethyl adjacent to an activating group) is 1. The Morgan fingerprint density at radius 1 is 1.64 bits per heavy atom. The van der Waals surface area contributed by atoms with Crippen molar-refractivity contribution in [3.8, 4) is 0 Å². The van der Waals surface area contributed by atoms with E-state index in [2.05, 4.69) is 17.1 Å². The van der Waals surface area contributed by atoms with Gasteiger partial charge in [-0.2, -0.15) is 0 Å². The first-order chi connectivity index (χ1) is 5.36. The zero-order chi connectivity index (χ0) is 8.10. The van der Waals surface area contributed by atoms with Crippen molar-refractivity contribution in [2.24, 2.45) is 0 Å². The van der Waals surface area contributed by atoms with E-state index in [9.17, 15) is 0 Å². The molecule has 11 heavy (non-hydrogen) atoms. The van der Waals surface area contributed by atoms with Crippen molar-refractivity contribution in [2.45, 2.75) is 19.4 Å². The minimum Gasteiger partial charge on any atom is -0.396 e. The minimum atomic E-state index is 0.301. The van der Waals surface area contributed by atoms with E-state index in [1.807, 2.05) is 0 Å². The lowest BCUT2D eigenvalue weighted by Crippen LogP contribution is -2.50. The van der Waals surface area contributed by atoms with Gasteiger partial charge in [-0.3, -0.25) is 0 Å². The van der Waals surface area contributed by atoms with Gasteiger partial charge in [0.15, 0.2) is 0 Å². The summed E-state index contributed by atoms with van der Waals surface area (Å²) >= 11 is 0. The van der Waals surface area contributed by atoms with Crippen LogP contribution in [-0.2, 0) is 0 Å². The summed E-state index contributed by atoms with van der Waals surface area (Å²) in [5, 5.41) is 12.1. The molecule has 0 aromatic carbocycles. The number of nitrogens with zero attached hydrogens (tertiary/aromatic N) is 1. The predicted octanol–water partition coefficient (Wildman–Crippen LogP) is -0.337. The highest BCUT2D eigenvalue weighted by Gasteiger charge is 2.16. The first kappa shape index (κ1) is 8.97. The van der Waals surface area contributed by atoms with E-state index in [1.165, 1.54) is 0 Å². The van der Waals surface area contributed by atoms with Gasteiger partial charge in [-0.15, -0.1) is 0 Å². The Morgan fingerprint density at radius 3 is 3.09 bits per heavy atom. The number of piperazine rings is 1. The zero-order valence-corrected chi connectivity index (χ0v) is 7.21. The topological polar surface area (TPSA) is 35.5 Å². The van der Waals surface area contributed by atoms with Gasteiger partial charge < -0.3 is 15.3 Å². The minimum absolute atomic E-state index is 0.301. The highest BCUT2D eigenvalue weighted by Crippen LogP contribution is 2.00. The summed E-state index contributed by atoms with van der Waals surface area (Å²) in [6.45, 7) is 6.92. The average Bonchev–Trinajstić information content (AvgIpc) is 2.06. The Balaban J connectivity index is 2.21. The summed E-state index contributed by atoms with van der Waals surface area (Å²) in [5.41, 5.74) is 0. The maximum atomic E-state index is 8.72. The summed E-state index contributed by atoms with van der Waals surface area (Å²) in [6.07, 6.45) is 0.885. The van der Waals surface area contributed by atoms with E-state index in [1.54, 1.807) is 0 Å². The van der Waals surface area contributed by atoms with E-state index in [-0.39, 0.29) is 0 Å². The Bertz CT molecular complexity index is 106. The molecule has 2 N–H and O–H groups in total. The van der Waals surface area contributed by atoms with E-state index >= 15 is 0 Å². The fourth-order valence-electron chi connectivity index (χ4n) is 1.53. The highest BCUT2D eigenvalue weighted by atomic mass is 16.3. The Labute approximate surface area is 68.4 Å². The van der Waals surface area contributed by atoms with Crippen molar-refractivity contribution in [3.63, 3.8) is 0 Å². The van der Waals surface area contributed by atoms with Crippen LogP contribution < -0.4 is 5.32 Å². The van der Waals surface area contributed by atoms with Gasteiger partial charge in [0.05, 0.1) is 0 Å². The molecule has 1 aliphatic heterocycles. The smallest absolute Gasteiger partial charge is 0.0446 e. The van der Waals surface area contributed by atoms with E-state index in [0.29, 0.717) is 12.6 Å². The summed E-state index contributed by atoms with van der Waals surface area (Å²) < 4.78 is 0. The maximum absolute atomic E-state index is 8.72. The van der Waals surface area contributed by atoms with Crippen molar-refractivity contribution in [2.75, 3.05) is 32.8 Å². The lowest BCUT2D eigenvalue weighted by atomic mass is 10.1. The molecular weight excluding hydrogens is 140 g/mol. The first-order valence-corrected chi connectivity index (χ1v) is 4.43. The fraction of sp³-hybridized carbons (Fsp3) is 1.00. The van der Waals surface area contributed by atoms with Crippen LogP contribution in [0.15, 0.2) is 0 Å². The van der Waals surface area contributed by atoms with Crippen LogP contribution in [0.1, 0.15) is 13.3 Å². The molecule has 0 radical (unpaired) electrons. The molecule has 1 saturated heterocycles. The molecule has 1 rings (SSSR count). The van der Waals surface area contributed by atoms with Crippen molar-refractivity contribution >= 4 is 0 Å². The Hall–Kier alpha value is -0.120. The summed E-state index contributed by atoms with van der Waals surface area (Å²) in [5.74, 6) is 0. The largest absolute Gasteiger partial charge is 0.396 e. The number of aliphatic hydroxyl groups excluding tert-OH is 1. The fourth-order valence-corrected chi connectivity index (χ4v) is 1.53. The molecule has 0 aliphatic carbocycles. The van der Waals surface area contributed by atoms with Gasteiger partial charge in [0, 0.05) is 32.3 Å². The Kier molecular flexibility index (Phi) is 3.83. The second-order valence-electron chi connectivity index (χ2n) is 3.06. The molecule has 0 saturated carbocycles. The monoisotopic (exact) mass is 158 g/mol. The molecule has 0 bridgehead atoms. The number of aliphatic hydroxyl groups is 1. The molecule has 1 aliphatic rings. The van der Waals surface area contributed by atoms with Gasteiger partial charge in [-0.05, 0) is 13.0 Å². The third kappa shape index (κ3) is 2.77. The normalized spacial score (nSPS) is 27.3. The molecule has 1 atom stereocenters. The first-order valence-electron chi connectivity index (χ1n) is 4.43. The van der Waals surface area contributed by atoms with Gasteiger partial charge in [-0.1, -0.05) is 6.92 Å².